The highest BCUT2D eigenvalue weighted by Gasteiger charge is 2.37. The van der Waals surface area contributed by atoms with Crippen LogP contribution in [0.2, 0.25) is 0 Å². The van der Waals surface area contributed by atoms with Crippen LogP contribution in [0.3, 0.4) is 0 Å². The van der Waals surface area contributed by atoms with Crippen LogP contribution in [-0.2, 0) is 0 Å². The molecule has 0 spiro atoms. The van der Waals surface area contributed by atoms with Crippen LogP contribution < -0.4 is 10.1 Å². The fourth-order valence-electron chi connectivity index (χ4n) is 1.15. The number of rotatable bonds is 0. The maximum Gasteiger partial charge on any atom is 0.415 e. The van der Waals surface area contributed by atoms with Gasteiger partial charge in [0.25, 0.3) is 0 Å². The molecule has 1 N–H and O–H groups in total. The zero-order valence-electron chi connectivity index (χ0n) is 6.78. The molecule has 0 saturated heterocycles. The monoisotopic (exact) mass is 375 g/mol. The minimum Gasteiger partial charge on any atom is -0.428 e. The molecule has 0 fully saturated rings. The fourth-order valence-corrected chi connectivity index (χ4v) is 2.01. The van der Waals surface area contributed by atoms with Crippen molar-refractivity contribution >= 4 is 44.2 Å². The summed E-state index contributed by atoms with van der Waals surface area (Å²) in [6.45, 7) is -0.493. The molecule has 0 unspecified atom stereocenters. The van der Waals surface area contributed by atoms with E-state index in [1.165, 1.54) is 0 Å². The maximum atomic E-state index is 12.9. The van der Waals surface area contributed by atoms with Gasteiger partial charge in [-0.3, -0.25) is 0 Å². The third kappa shape index (κ3) is 1.81. The molecule has 0 aliphatic carbocycles. The quantitative estimate of drug-likeness (QED) is 0.701. The largest absolute Gasteiger partial charge is 0.428 e. The van der Waals surface area contributed by atoms with Gasteiger partial charge in [0.1, 0.15) is 6.54 Å². The second kappa shape index (κ2) is 3.48. The molecule has 6 heteroatoms. The van der Waals surface area contributed by atoms with Crippen molar-refractivity contribution in [3.63, 3.8) is 0 Å². The van der Waals surface area contributed by atoms with Gasteiger partial charge in [0, 0.05) is 3.57 Å². The second-order valence-corrected chi connectivity index (χ2v) is 4.79. The summed E-state index contributed by atoms with van der Waals surface area (Å²) in [5.41, 5.74) is 0.586. The molecule has 1 aliphatic heterocycles. The lowest BCUT2D eigenvalue weighted by Gasteiger charge is -2.27. The molecular formula is C8H5BrF2INO. The lowest BCUT2D eigenvalue weighted by Crippen LogP contribution is -2.37. The van der Waals surface area contributed by atoms with E-state index in [-0.39, 0.29) is 5.75 Å². The number of nitrogens with one attached hydrogen (secondary N) is 1. The van der Waals surface area contributed by atoms with Gasteiger partial charge in [0.2, 0.25) is 0 Å². The average molecular weight is 376 g/mol. The number of fused-ring (bicyclic) bond motifs is 1. The van der Waals surface area contributed by atoms with Gasteiger partial charge in [-0.05, 0) is 50.7 Å². The molecule has 76 valence electrons. The van der Waals surface area contributed by atoms with Crippen molar-refractivity contribution in [2.45, 2.75) is 6.11 Å². The molecule has 1 heterocycles. The van der Waals surface area contributed by atoms with Crippen molar-refractivity contribution in [1.82, 2.24) is 0 Å². The van der Waals surface area contributed by atoms with Crippen LogP contribution >= 0.6 is 38.5 Å². The zero-order chi connectivity index (χ0) is 10.3. The van der Waals surface area contributed by atoms with E-state index in [4.69, 9.17) is 0 Å². The second-order valence-electron chi connectivity index (χ2n) is 2.83. The molecule has 0 aromatic heterocycles. The van der Waals surface area contributed by atoms with Crippen LogP contribution in [0.15, 0.2) is 16.6 Å². The Morgan fingerprint density at radius 2 is 2.21 bits per heavy atom. The van der Waals surface area contributed by atoms with E-state index in [1.54, 1.807) is 6.07 Å². The van der Waals surface area contributed by atoms with E-state index >= 15 is 0 Å². The Balaban J connectivity index is 2.49. The first-order valence-corrected chi connectivity index (χ1v) is 5.65. The Morgan fingerprint density at radius 3 is 2.93 bits per heavy atom. The lowest BCUT2D eigenvalue weighted by molar-refractivity contribution is -0.167. The first-order valence-electron chi connectivity index (χ1n) is 3.78. The van der Waals surface area contributed by atoms with E-state index in [0.717, 1.165) is 3.57 Å². The van der Waals surface area contributed by atoms with Gasteiger partial charge in [-0.2, -0.15) is 8.78 Å². The SMILES string of the molecule is FC1(F)CNc2ccc(I)c(Br)c2O1. The Hall–Kier alpha value is -0.110. The number of anilines is 1. The normalized spacial score (nSPS) is 18.0. The van der Waals surface area contributed by atoms with Crippen molar-refractivity contribution in [2.24, 2.45) is 0 Å². The minimum absolute atomic E-state index is 0.174. The van der Waals surface area contributed by atoms with Crippen molar-refractivity contribution in [3.8, 4) is 5.75 Å². The van der Waals surface area contributed by atoms with Crippen LogP contribution in [-0.4, -0.2) is 12.7 Å². The number of alkyl halides is 2. The van der Waals surface area contributed by atoms with Crippen molar-refractivity contribution in [3.05, 3.63) is 20.2 Å². The molecule has 14 heavy (non-hydrogen) atoms. The third-order valence-corrected chi connectivity index (χ3v) is 4.21. The standard InChI is InChI=1S/C8H5BrF2INO/c9-6-4(12)1-2-5-7(6)14-8(10,11)3-13-5/h1-2,13H,3H2. The summed E-state index contributed by atoms with van der Waals surface area (Å²) >= 11 is 5.25. The number of hydrogen-bond acceptors (Lipinski definition) is 2. The van der Waals surface area contributed by atoms with Gasteiger partial charge in [-0.25, -0.2) is 0 Å². The maximum absolute atomic E-state index is 12.9. The van der Waals surface area contributed by atoms with Crippen LogP contribution in [0.5, 0.6) is 5.75 Å². The molecule has 0 saturated carbocycles. The number of benzene rings is 1. The lowest BCUT2D eigenvalue weighted by atomic mass is 10.2. The van der Waals surface area contributed by atoms with Gasteiger partial charge in [-0.15, -0.1) is 0 Å². The summed E-state index contributed by atoms with van der Waals surface area (Å²) in [4.78, 5) is 0. The van der Waals surface area contributed by atoms with Gasteiger partial charge in [0.05, 0.1) is 10.2 Å². The molecule has 1 aromatic carbocycles. The van der Waals surface area contributed by atoms with Gasteiger partial charge < -0.3 is 10.1 Å². The predicted octanol–water partition coefficient (Wildman–Crippen LogP) is 3.45. The van der Waals surface area contributed by atoms with E-state index in [9.17, 15) is 8.78 Å². The van der Waals surface area contributed by atoms with Gasteiger partial charge >= 0.3 is 6.11 Å². The Kier molecular flexibility index (Phi) is 2.59. The summed E-state index contributed by atoms with van der Waals surface area (Å²) in [7, 11) is 0. The van der Waals surface area contributed by atoms with E-state index in [2.05, 4.69) is 26.0 Å². The molecule has 2 rings (SSSR count). The molecular weight excluding hydrogens is 371 g/mol. The first-order chi connectivity index (χ1) is 6.49. The summed E-state index contributed by atoms with van der Waals surface area (Å²) in [5.74, 6) is 0.174. The van der Waals surface area contributed by atoms with E-state index in [1.807, 2.05) is 28.7 Å². The molecule has 0 bridgehead atoms. The number of hydrogen-bond donors (Lipinski definition) is 1. The number of ether oxygens (including phenoxy) is 1. The summed E-state index contributed by atoms with van der Waals surface area (Å²) in [6, 6.07) is 3.54. The van der Waals surface area contributed by atoms with E-state index < -0.39 is 12.7 Å². The highest BCUT2D eigenvalue weighted by molar-refractivity contribution is 14.1. The fraction of sp³-hybridized carbons (Fsp3) is 0.250. The van der Waals surface area contributed by atoms with Gasteiger partial charge in [-0.1, -0.05) is 0 Å². The van der Waals surface area contributed by atoms with Crippen LogP contribution in [0.25, 0.3) is 0 Å². The predicted molar refractivity (Wildman–Crippen MR) is 60.9 cm³/mol. The molecule has 1 aromatic rings. The molecule has 2 nitrogen and oxygen atoms in total. The molecule has 0 atom stereocenters. The van der Waals surface area contributed by atoms with E-state index in [0.29, 0.717) is 10.2 Å². The Labute approximate surface area is 101 Å². The van der Waals surface area contributed by atoms with Crippen molar-refractivity contribution in [1.29, 1.82) is 0 Å². The highest BCUT2D eigenvalue weighted by Crippen LogP contribution is 2.42. The molecule has 1 aliphatic rings. The first kappa shape index (κ1) is 10.4. The summed E-state index contributed by atoms with van der Waals surface area (Å²) in [5, 5.41) is 2.61. The Bertz CT molecular complexity index is 386. The number of halogens is 4. The minimum atomic E-state index is -3.14. The highest BCUT2D eigenvalue weighted by atomic mass is 127. The third-order valence-electron chi connectivity index (χ3n) is 1.79. The zero-order valence-corrected chi connectivity index (χ0v) is 10.5. The van der Waals surface area contributed by atoms with Crippen LogP contribution in [0.1, 0.15) is 0 Å². The summed E-state index contributed by atoms with van der Waals surface area (Å²) < 4.78 is 31.7. The van der Waals surface area contributed by atoms with Crippen molar-refractivity contribution in [2.75, 3.05) is 11.9 Å². The summed E-state index contributed by atoms with van der Waals surface area (Å²) in [6.07, 6.45) is -3.14. The topological polar surface area (TPSA) is 21.3 Å². The smallest absolute Gasteiger partial charge is 0.415 e. The Morgan fingerprint density at radius 1 is 1.50 bits per heavy atom. The average Bonchev–Trinajstić information content (AvgIpc) is 2.11. The van der Waals surface area contributed by atoms with Gasteiger partial charge in [0.15, 0.2) is 5.75 Å². The van der Waals surface area contributed by atoms with Crippen LogP contribution in [0.4, 0.5) is 14.5 Å². The van der Waals surface area contributed by atoms with Crippen LogP contribution in [0, 0.1) is 3.57 Å². The molecule has 0 amide bonds. The molecule has 0 radical (unpaired) electrons. The van der Waals surface area contributed by atoms with Crippen molar-refractivity contribution < 1.29 is 13.5 Å².